The Morgan fingerprint density at radius 2 is 2.36 bits per heavy atom. The second kappa shape index (κ2) is 5.66. The van der Waals surface area contributed by atoms with Crippen LogP contribution in [0.15, 0.2) is 0 Å². The van der Waals surface area contributed by atoms with Crippen LogP contribution in [0.5, 0.6) is 0 Å². The Morgan fingerprint density at radius 1 is 1.57 bits per heavy atom. The Morgan fingerprint density at radius 3 is 2.86 bits per heavy atom. The molecule has 0 aromatic carbocycles. The minimum atomic E-state index is -0.483. The molecule has 1 heterocycles. The van der Waals surface area contributed by atoms with Gasteiger partial charge in [0.05, 0.1) is 18.3 Å². The van der Waals surface area contributed by atoms with Gasteiger partial charge in [-0.1, -0.05) is 0 Å². The Hall–Kier alpha value is -0.160. The molecule has 3 N–H and O–H groups in total. The lowest BCUT2D eigenvalue weighted by molar-refractivity contribution is -0.133. The molecule has 1 saturated heterocycles. The van der Waals surface area contributed by atoms with Crippen LogP contribution in [0.4, 0.5) is 0 Å². The van der Waals surface area contributed by atoms with Crippen molar-refractivity contribution in [2.75, 3.05) is 26.9 Å². The maximum absolute atomic E-state index is 9.54. The van der Waals surface area contributed by atoms with Gasteiger partial charge in [-0.3, -0.25) is 0 Å². The number of hydrogen-bond donors (Lipinski definition) is 2. The fourth-order valence-electron chi connectivity index (χ4n) is 2.02. The lowest BCUT2D eigenvalue weighted by Crippen LogP contribution is -2.44. The molecule has 14 heavy (non-hydrogen) atoms. The normalized spacial score (nSPS) is 30.2. The molecule has 0 radical (unpaired) electrons. The summed E-state index contributed by atoms with van der Waals surface area (Å²) in [5, 5.41) is 9.54. The molecule has 1 aliphatic rings. The van der Waals surface area contributed by atoms with E-state index in [-0.39, 0.29) is 12.1 Å². The van der Waals surface area contributed by atoms with E-state index in [9.17, 15) is 5.11 Å². The Kier molecular flexibility index (Phi) is 4.81. The van der Waals surface area contributed by atoms with Gasteiger partial charge in [0.15, 0.2) is 0 Å². The summed E-state index contributed by atoms with van der Waals surface area (Å²) in [5.41, 5.74) is 5.10. The third-order valence-electron chi connectivity index (χ3n) is 2.72. The van der Waals surface area contributed by atoms with Crippen LogP contribution in [0.1, 0.15) is 25.7 Å². The number of nitrogens with two attached hydrogens (primary N) is 1. The summed E-state index contributed by atoms with van der Waals surface area (Å²) in [5.74, 6) is 0. The summed E-state index contributed by atoms with van der Waals surface area (Å²) in [6, 6.07) is 0. The molecule has 1 rings (SSSR count). The molecule has 0 bridgehead atoms. The summed E-state index contributed by atoms with van der Waals surface area (Å²) >= 11 is 0. The minimum absolute atomic E-state index is 0.287. The van der Waals surface area contributed by atoms with Crippen molar-refractivity contribution in [3.63, 3.8) is 0 Å². The summed E-state index contributed by atoms with van der Waals surface area (Å²) in [7, 11) is 1.66. The van der Waals surface area contributed by atoms with Gasteiger partial charge in [-0.2, -0.15) is 0 Å². The van der Waals surface area contributed by atoms with Gasteiger partial charge in [0.2, 0.25) is 0 Å². The summed E-state index contributed by atoms with van der Waals surface area (Å²) < 4.78 is 10.9. The highest BCUT2D eigenvalue weighted by atomic mass is 16.5. The molecule has 0 spiro atoms. The quantitative estimate of drug-likeness (QED) is 0.673. The van der Waals surface area contributed by atoms with Gasteiger partial charge in [-0.05, 0) is 19.3 Å². The zero-order valence-corrected chi connectivity index (χ0v) is 8.87. The van der Waals surface area contributed by atoms with Crippen LogP contribution in [-0.2, 0) is 9.47 Å². The number of hydrogen-bond acceptors (Lipinski definition) is 4. The number of rotatable bonds is 5. The molecule has 0 aromatic rings. The fourth-order valence-corrected chi connectivity index (χ4v) is 2.02. The lowest BCUT2D eigenvalue weighted by atomic mass is 9.89. The van der Waals surface area contributed by atoms with E-state index in [0.29, 0.717) is 13.0 Å². The molecule has 4 heteroatoms. The highest BCUT2D eigenvalue weighted by Gasteiger charge is 2.35. The number of methoxy groups -OCH3 is 1. The third kappa shape index (κ3) is 3.20. The first-order chi connectivity index (χ1) is 6.72. The average molecular weight is 203 g/mol. The predicted octanol–water partition coefficient (Wildman–Crippen LogP) is 0.282. The summed E-state index contributed by atoms with van der Waals surface area (Å²) in [6.07, 6.45) is 3.29. The van der Waals surface area contributed by atoms with Crippen molar-refractivity contribution in [1.82, 2.24) is 0 Å². The fraction of sp³-hybridized carbons (Fsp3) is 1.00. The van der Waals surface area contributed by atoms with Crippen LogP contribution in [0, 0.1) is 0 Å². The Balaban J connectivity index is 2.50. The lowest BCUT2D eigenvalue weighted by Gasteiger charge is -2.38. The molecule has 4 nitrogen and oxygen atoms in total. The highest BCUT2D eigenvalue weighted by Crippen LogP contribution is 2.29. The standard InChI is InChI=1S/C10H21NO3/c1-13-8-10(6-9(12)7-11)4-2-3-5-14-10/h9,12H,2-8,11H2,1H3. The molecule has 2 atom stereocenters. The molecule has 1 aliphatic heterocycles. The second-order valence-corrected chi connectivity index (χ2v) is 4.02. The monoisotopic (exact) mass is 203 g/mol. The molecule has 84 valence electrons. The van der Waals surface area contributed by atoms with Gasteiger partial charge in [-0.25, -0.2) is 0 Å². The third-order valence-corrected chi connectivity index (χ3v) is 2.72. The minimum Gasteiger partial charge on any atom is -0.392 e. The average Bonchev–Trinajstić information content (AvgIpc) is 2.19. The maximum atomic E-state index is 9.54. The smallest absolute Gasteiger partial charge is 0.0939 e. The molecule has 0 saturated carbocycles. The van der Waals surface area contributed by atoms with Gasteiger partial charge >= 0.3 is 0 Å². The number of ether oxygens (including phenoxy) is 2. The van der Waals surface area contributed by atoms with E-state index in [2.05, 4.69) is 0 Å². The largest absolute Gasteiger partial charge is 0.392 e. The van der Waals surface area contributed by atoms with E-state index in [1.165, 1.54) is 0 Å². The molecule has 2 unspecified atom stereocenters. The Bertz CT molecular complexity index is 152. The molecular weight excluding hydrogens is 182 g/mol. The predicted molar refractivity (Wildman–Crippen MR) is 54.1 cm³/mol. The molecule has 0 aliphatic carbocycles. The first kappa shape index (κ1) is 11.9. The first-order valence-corrected chi connectivity index (χ1v) is 5.23. The van der Waals surface area contributed by atoms with Crippen LogP contribution in [0.2, 0.25) is 0 Å². The SMILES string of the molecule is COCC1(CC(O)CN)CCCCO1. The van der Waals surface area contributed by atoms with Crippen LogP contribution in [-0.4, -0.2) is 43.7 Å². The topological polar surface area (TPSA) is 64.7 Å². The van der Waals surface area contributed by atoms with Crippen molar-refractivity contribution in [1.29, 1.82) is 0 Å². The van der Waals surface area contributed by atoms with E-state index in [4.69, 9.17) is 15.2 Å². The van der Waals surface area contributed by atoms with Gasteiger partial charge in [0.25, 0.3) is 0 Å². The van der Waals surface area contributed by atoms with Gasteiger partial charge < -0.3 is 20.3 Å². The van der Waals surface area contributed by atoms with Gasteiger partial charge in [0, 0.05) is 26.7 Å². The van der Waals surface area contributed by atoms with Crippen molar-refractivity contribution in [3.8, 4) is 0 Å². The number of aliphatic hydroxyl groups is 1. The maximum Gasteiger partial charge on any atom is 0.0939 e. The zero-order chi connectivity index (χ0) is 10.4. The molecule has 1 fully saturated rings. The van der Waals surface area contributed by atoms with Crippen molar-refractivity contribution in [3.05, 3.63) is 0 Å². The van der Waals surface area contributed by atoms with Crippen molar-refractivity contribution >= 4 is 0 Å². The summed E-state index contributed by atoms with van der Waals surface area (Å²) in [4.78, 5) is 0. The molecule has 0 aromatic heterocycles. The zero-order valence-electron chi connectivity index (χ0n) is 8.87. The second-order valence-electron chi connectivity index (χ2n) is 4.02. The van der Waals surface area contributed by atoms with Crippen LogP contribution < -0.4 is 5.73 Å². The van der Waals surface area contributed by atoms with Gasteiger partial charge in [-0.15, -0.1) is 0 Å². The van der Waals surface area contributed by atoms with Crippen LogP contribution >= 0.6 is 0 Å². The number of aliphatic hydroxyl groups excluding tert-OH is 1. The van der Waals surface area contributed by atoms with Crippen LogP contribution in [0.3, 0.4) is 0 Å². The van der Waals surface area contributed by atoms with Crippen molar-refractivity contribution in [2.45, 2.75) is 37.4 Å². The highest BCUT2D eigenvalue weighted by molar-refractivity contribution is 4.86. The molecule has 0 amide bonds. The van der Waals surface area contributed by atoms with Crippen molar-refractivity contribution in [2.24, 2.45) is 5.73 Å². The Labute approximate surface area is 85.4 Å². The van der Waals surface area contributed by atoms with Gasteiger partial charge in [0.1, 0.15) is 0 Å². The van der Waals surface area contributed by atoms with E-state index in [1.807, 2.05) is 0 Å². The van der Waals surface area contributed by atoms with E-state index >= 15 is 0 Å². The van der Waals surface area contributed by atoms with E-state index < -0.39 is 6.10 Å². The summed E-state index contributed by atoms with van der Waals surface area (Å²) in [6.45, 7) is 1.60. The molecular formula is C10H21NO3. The van der Waals surface area contributed by atoms with E-state index in [0.717, 1.165) is 25.9 Å². The van der Waals surface area contributed by atoms with E-state index in [1.54, 1.807) is 7.11 Å². The first-order valence-electron chi connectivity index (χ1n) is 5.23. The van der Waals surface area contributed by atoms with Crippen molar-refractivity contribution < 1.29 is 14.6 Å². The van der Waals surface area contributed by atoms with Crippen LogP contribution in [0.25, 0.3) is 0 Å².